The van der Waals surface area contributed by atoms with E-state index >= 15 is 0 Å². The zero-order valence-corrected chi connectivity index (χ0v) is 9.31. The number of hydrogen-bond acceptors (Lipinski definition) is 6. The summed E-state index contributed by atoms with van der Waals surface area (Å²) in [6.07, 6.45) is 0.771. The molecule has 8 heteroatoms. The van der Waals surface area contributed by atoms with Gasteiger partial charge >= 0.3 is 17.0 Å². The van der Waals surface area contributed by atoms with E-state index in [1.165, 1.54) is 24.3 Å². The third-order valence-corrected chi connectivity index (χ3v) is 2.90. The lowest BCUT2D eigenvalue weighted by molar-refractivity contribution is -0.543. The first-order chi connectivity index (χ1) is 8.95. The second-order valence-corrected chi connectivity index (χ2v) is 3.84. The van der Waals surface area contributed by atoms with Crippen molar-refractivity contribution in [1.29, 1.82) is 0 Å². The minimum absolute atomic E-state index is 0.109. The van der Waals surface area contributed by atoms with Crippen LogP contribution in [0.1, 0.15) is 11.1 Å². The highest BCUT2D eigenvalue weighted by atomic mass is 16.6. The third kappa shape index (κ3) is 1.53. The van der Waals surface area contributed by atoms with Gasteiger partial charge < -0.3 is 0 Å². The topological polar surface area (TPSA) is 120 Å². The smallest absolute Gasteiger partial charge is 0.294 e. The molecule has 2 rings (SSSR count). The molecule has 0 amide bonds. The van der Waals surface area contributed by atoms with Crippen molar-refractivity contribution in [2.75, 3.05) is 0 Å². The van der Waals surface area contributed by atoms with Crippen LogP contribution in [0, 0.1) is 20.2 Å². The van der Waals surface area contributed by atoms with Gasteiger partial charge in [0.1, 0.15) is 0 Å². The molecule has 96 valence electrons. The number of ketones is 1. The van der Waals surface area contributed by atoms with Crippen LogP contribution in [0.3, 0.4) is 0 Å². The Morgan fingerprint density at radius 1 is 1.16 bits per heavy atom. The summed E-state index contributed by atoms with van der Waals surface area (Å²) in [4.78, 5) is 42.9. The monoisotopic (exact) mass is 262 g/mol. The number of hydrogen-bond donors (Lipinski definition) is 0. The lowest BCUT2D eigenvalue weighted by Gasteiger charge is -2.22. The standard InChI is InChI=1S/C11H6N2O6/c14-6-11(13(18)19)8-4-2-1-3-7(8)5-9(10(11)15)12(16)17/h1-6H. The van der Waals surface area contributed by atoms with Crippen LogP contribution < -0.4 is 0 Å². The number of rotatable bonds is 3. The molecular formula is C11H6N2O6. The van der Waals surface area contributed by atoms with E-state index < -0.39 is 26.9 Å². The number of nitrogens with zero attached hydrogens (tertiary/aromatic N) is 2. The highest BCUT2D eigenvalue weighted by Crippen LogP contribution is 2.35. The van der Waals surface area contributed by atoms with E-state index in [1.807, 2.05) is 0 Å². The summed E-state index contributed by atoms with van der Waals surface area (Å²) in [5.74, 6) is -1.43. The Balaban J connectivity index is 2.86. The second-order valence-electron chi connectivity index (χ2n) is 3.84. The summed E-state index contributed by atoms with van der Waals surface area (Å²) in [6.45, 7) is 0. The number of aldehydes is 1. The number of carbonyl (C=O) groups excluding carboxylic acids is 2. The molecule has 0 saturated carbocycles. The largest absolute Gasteiger partial charge is 0.369 e. The number of fused-ring (bicyclic) bond motifs is 1. The van der Waals surface area contributed by atoms with Crippen molar-refractivity contribution < 1.29 is 19.4 Å². The SMILES string of the molecule is O=CC1([N+](=O)[O-])C(=O)C([N+](=O)[O-])=Cc2ccccc21. The van der Waals surface area contributed by atoms with Crippen molar-refractivity contribution in [3.05, 3.63) is 61.3 Å². The first-order valence-electron chi connectivity index (χ1n) is 5.06. The first-order valence-corrected chi connectivity index (χ1v) is 5.06. The van der Waals surface area contributed by atoms with Crippen molar-refractivity contribution in [1.82, 2.24) is 0 Å². The van der Waals surface area contributed by atoms with E-state index in [2.05, 4.69) is 0 Å². The summed E-state index contributed by atoms with van der Waals surface area (Å²) in [6, 6.07) is 5.52. The van der Waals surface area contributed by atoms with Crippen LogP contribution in [0.2, 0.25) is 0 Å². The Kier molecular flexibility index (Phi) is 2.70. The van der Waals surface area contributed by atoms with Gasteiger partial charge in [0.15, 0.2) is 0 Å². The van der Waals surface area contributed by atoms with Gasteiger partial charge in [0, 0.05) is 11.0 Å². The number of nitro groups is 2. The molecule has 19 heavy (non-hydrogen) atoms. The van der Waals surface area contributed by atoms with E-state index in [4.69, 9.17) is 0 Å². The van der Waals surface area contributed by atoms with Crippen molar-refractivity contribution >= 4 is 18.1 Å². The van der Waals surface area contributed by atoms with Gasteiger partial charge in [-0.25, -0.2) is 0 Å². The number of benzene rings is 1. The average molecular weight is 262 g/mol. The summed E-state index contributed by atoms with van der Waals surface area (Å²) >= 11 is 0. The van der Waals surface area contributed by atoms with Gasteiger partial charge in [-0.1, -0.05) is 24.3 Å². The molecule has 0 N–H and O–H groups in total. The minimum atomic E-state index is -2.74. The van der Waals surface area contributed by atoms with E-state index in [0.717, 1.165) is 6.08 Å². The molecule has 8 nitrogen and oxygen atoms in total. The molecule has 0 fully saturated rings. The van der Waals surface area contributed by atoms with Crippen molar-refractivity contribution in [2.45, 2.75) is 5.54 Å². The van der Waals surface area contributed by atoms with Crippen LogP contribution in [0.15, 0.2) is 30.0 Å². The summed E-state index contributed by atoms with van der Waals surface area (Å²) < 4.78 is 0. The summed E-state index contributed by atoms with van der Waals surface area (Å²) in [5, 5.41) is 21.9. The number of carbonyl (C=O) groups is 2. The lowest BCUT2D eigenvalue weighted by atomic mass is 9.79. The van der Waals surface area contributed by atoms with Crippen LogP contribution in [0.5, 0.6) is 0 Å². The molecule has 0 aliphatic heterocycles. The molecule has 1 aliphatic carbocycles. The molecule has 0 spiro atoms. The molecule has 0 heterocycles. The van der Waals surface area contributed by atoms with Gasteiger partial charge in [-0.15, -0.1) is 0 Å². The number of Topliss-reactive ketones (excluding diaryl/α,β-unsaturated/α-hetero) is 1. The van der Waals surface area contributed by atoms with Gasteiger partial charge in [0.25, 0.3) is 0 Å². The van der Waals surface area contributed by atoms with E-state index in [0.29, 0.717) is 0 Å². The van der Waals surface area contributed by atoms with Crippen LogP contribution >= 0.6 is 0 Å². The van der Waals surface area contributed by atoms with Gasteiger partial charge in [0.2, 0.25) is 6.29 Å². The molecule has 0 aromatic heterocycles. The Morgan fingerprint density at radius 3 is 2.32 bits per heavy atom. The molecule has 0 bridgehead atoms. The molecule has 1 unspecified atom stereocenters. The fourth-order valence-corrected chi connectivity index (χ4v) is 1.98. The van der Waals surface area contributed by atoms with Crippen LogP contribution in [-0.2, 0) is 15.1 Å². The van der Waals surface area contributed by atoms with Crippen molar-refractivity contribution in [3.8, 4) is 0 Å². The summed E-state index contributed by atoms with van der Waals surface area (Å²) in [5.41, 5.74) is -3.76. The maximum absolute atomic E-state index is 11.9. The second kappa shape index (κ2) is 4.09. The maximum atomic E-state index is 11.9. The van der Waals surface area contributed by atoms with Crippen LogP contribution in [0.4, 0.5) is 0 Å². The Bertz CT molecular complexity index is 650. The Labute approximate surface area is 105 Å². The quantitative estimate of drug-likeness (QED) is 0.339. The Morgan fingerprint density at radius 2 is 1.79 bits per heavy atom. The van der Waals surface area contributed by atoms with Crippen molar-refractivity contribution in [2.24, 2.45) is 0 Å². The predicted molar refractivity (Wildman–Crippen MR) is 61.2 cm³/mol. The summed E-state index contributed by atoms with van der Waals surface area (Å²) in [7, 11) is 0. The zero-order chi connectivity index (χ0) is 14.2. The normalized spacial score (nSPS) is 21.3. The Hall–Kier alpha value is -2.90. The third-order valence-electron chi connectivity index (χ3n) is 2.90. The molecule has 0 radical (unpaired) electrons. The predicted octanol–water partition coefficient (Wildman–Crippen LogP) is 0.558. The maximum Gasteiger partial charge on any atom is 0.369 e. The average Bonchev–Trinajstić information content (AvgIpc) is 2.37. The fraction of sp³-hybridized carbons (Fsp3) is 0.0909. The first kappa shape index (κ1) is 12.6. The van der Waals surface area contributed by atoms with E-state index in [1.54, 1.807) is 0 Å². The van der Waals surface area contributed by atoms with Gasteiger partial charge in [-0.2, -0.15) is 0 Å². The minimum Gasteiger partial charge on any atom is -0.294 e. The van der Waals surface area contributed by atoms with Crippen molar-refractivity contribution in [3.63, 3.8) is 0 Å². The van der Waals surface area contributed by atoms with Gasteiger partial charge in [0.05, 0.1) is 10.5 Å². The lowest BCUT2D eigenvalue weighted by Crippen LogP contribution is -2.49. The molecular weight excluding hydrogens is 256 g/mol. The van der Waals surface area contributed by atoms with Gasteiger partial charge in [-0.05, 0) is 5.56 Å². The molecule has 1 aromatic rings. The van der Waals surface area contributed by atoms with Crippen LogP contribution in [-0.4, -0.2) is 21.9 Å². The highest BCUT2D eigenvalue weighted by Gasteiger charge is 2.60. The molecule has 0 saturated heterocycles. The van der Waals surface area contributed by atoms with E-state index in [9.17, 15) is 29.8 Å². The highest BCUT2D eigenvalue weighted by molar-refractivity contribution is 6.14. The zero-order valence-electron chi connectivity index (χ0n) is 9.31. The molecule has 1 atom stereocenters. The molecule has 1 aliphatic rings. The van der Waals surface area contributed by atoms with Crippen LogP contribution in [0.25, 0.3) is 6.08 Å². The molecule has 1 aromatic carbocycles. The van der Waals surface area contributed by atoms with E-state index in [-0.39, 0.29) is 17.4 Å². The van der Waals surface area contributed by atoms with Gasteiger partial charge in [-0.3, -0.25) is 29.8 Å². The fourth-order valence-electron chi connectivity index (χ4n) is 1.98.